The topological polar surface area (TPSA) is 6.48 Å². The molecule has 0 saturated heterocycles. The molecule has 14 aromatic carbocycles. The molecule has 442 valence electrons. The highest BCUT2D eigenvalue weighted by Gasteiger charge is 2.38. The number of fused-ring (bicyclic) bond motifs is 4. The van der Waals surface area contributed by atoms with Crippen LogP contribution in [-0.4, -0.2) is 0 Å². The Balaban J connectivity index is 0.850. The quantitative estimate of drug-likeness (QED) is 0.120. The molecule has 1 aliphatic carbocycles. The predicted octanol–water partition coefficient (Wildman–Crippen LogP) is 25.2. The van der Waals surface area contributed by atoms with Gasteiger partial charge in [-0.2, -0.15) is 0 Å². The van der Waals surface area contributed by atoms with E-state index in [1.807, 2.05) is 0 Å². The number of nitrogens with zero attached hydrogens (tertiary/aromatic N) is 2. The Kier molecular flexibility index (Phi) is 14.6. The van der Waals surface area contributed by atoms with E-state index in [1.165, 1.54) is 156 Å². The van der Waals surface area contributed by atoms with Gasteiger partial charge in [-0.05, 0) is 284 Å². The highest BCUT2D eigenvalue weighted by molar-refractivity contribution is 6.03. The highest BCUT2D eigenvalue weighted by atomic mass is 15.1. The zero-order chi connectivity index (χ0) is 62.1. The Labute approximate surface area is 537 Å². The first-order chi connectivity index (χ1) is 44.3. The molecule has 0 spiro atoms. The van der Waals surface area contributed by atoms with Crippen LogP contribution in [0.3, 0.4) is 0 Å². The van der Waals surface area contributed by atoms with E-state index in [4.69, 9.17) is 0 Å². The van der Waals surface area contributed by atoms with Crippen molar-refractivity contribution in [2.75, 3.05) is 9.80 Å². The standard InChI is InChI=1S/C89H76N2/c1-57-45-65(81-39-27-61(5)77-19-9-13-23-85(77)81)53-73(49-57)90(74-50-58(2)46-66(54-74)82-40-28-62(6)78-20-10-14-24-86(78)82)71-35-31-69(32-36-71)89(43-17-18-44-89)70-33-37-72(38-34-70)91(75-51-59(3)47-67(55-75)83-41-29-63(7)79-21-11-15-25-87(79)83)76-52-60(4)48-68(56-76)84-42-30-64(8)80-22-12-16-26-88(80)84/h9-16,19-42,45-56H,17-18,43-44H2,1-8H3. The largest absolute Gasteiger partial charge is 0.310 e. The molecule has 0 aliphatic heterocycles. The molecule has 2 heteroatoms. The summed E-state index contributed by atoms with van der Waals surface area (Å²) in [5.41, 5.74) is 29.2. The van der Waals surface area contributed by atoms with Gasteiger partial charge in [-0.3, -0.25) is 0 Å². The summed E-state index contributed by atoms with van der Waals surface area (Å²) < 4.78 is 0. The lowest BCUT2D eigenvalue weighted by molar-refractivity contribution is 0.535. The first kappa shape index (κ1) is 57.2. The molecule has 14 aromatic rings. The van der Waals surface area contributed by atoms with Crippen molar-refractivity contribution in [3.8, 4) is 44.5 Å². The average molecular weight is 1170 g/mol. The molecule has 1 fully saturated rings. The van der Waals surface area contributed by atoms with Crippen LogP contribution in [0.15, 0.2) is 267 Å². The number of anilines is 6. The second kappa shape index (κ2) is 23.3. The number of aryl methyl sites for hydroxylation is 8. The Morgan fingerprint density at radius 2 is 0.473 bits per heavy atom. The second-order valence-corrected chi connectivity index (χ2v) is 26.2. The zero-order valence-corrected chi connectivity index (χ0v) is 53.6. The van der Waals surface area contributed by atoms with Crippen molar-refractivity contribution in [1.29, 1.82) is 0 Å². The molecule has 0 amide bonds. The average Bonchev–Trinajstić information content (AvgIpc) is 1.82. The van der Waals surface area contributed by atoms with Gasteiger partial charge >= 0.3 is 0 Å². The van der Waals surface area contributed by atoms with Gasteiger partial charge in [0.1, 0.15) is 0 Å². The first-order valence-electron chi connectivity index (χ1n) is 32.6. The summed E-state index contributed by atoms with van der Waals surface area (Å²) in [7, 11) is 0. The molecule has 0 heterocycles. The van der Waals surface area contributed by atoms with Crippen molar-refractivity contribution in [3.05, 3.63) is 323 Å². The lowest BCUT2D eigenvalue weighted by Crippen LogP contribution is -2.24. The summed E-state index contributed by atoms with van der Waals surface area (Å²) in [6, 6.07) is 102. The summed E-state index contributed by atoms with van der Waals surface area (Å²) in [5.74, 6) is 0. The SMILES string of the molecule is Cc1cc(-c2ccc(C)c3ccccc23)cc(N(c2ccc(C3(c4ccc(N(c5cc(C)cc(-c6ccc(C)c7ccccc67)c5)c5cc(C)cc(-c6ccc(C)c7ccccc67)c5)cc4)CCCC3)cc2)c2cc(C)cc(-c3ccc(C)c4ccccc34)c2)c1. The maximum absolute atomic E-state index is 2.50. The molecule has 0 aromatic heterocycles. The minimum atomic E-state index is -0.148. The van der Waals surface area contributed by atoms with Gasteiger partial charge in [0, 0.05) is 39.5 Å². The van der Waals surface area contributed by atoms with Crippen LogP contribution in [0.2, 0.25) is 0 Å². The fraction of sp³-hybridized carbons (Fsp3) is 0.146. The van der Waals surface area contributed by atoms with Gasteiger partial charge in [0.25, 0.3) is 0 Å². The monoisotopic (exact) mass is 1170 g/mol. The Bertz CT molecular complexity index is 4560. The zero-order valence-electron chi connectivity index (χ0n) is 53.6. The summed E-state index contributed by atoms with van der Waals surface area (Å²) in [6.45, 7) is 17.9. The first-order valence-corrected chi connectivity index (χ1v) is 32.6. The molecule has 0 bridgehead atoms. The lowest BCUT2D eigenvalue weighted by atomic mass is 9.73. The molecular weight excluding hydrogens is 1100 g/mol. The third kappa shape index (κ3) is 10.4. The number of rotatable bonds is 12. The van der Waals surface area contributed by atoms with Crippen LogP contribution in [0.4, 0.5) is 34.1 Å². The molecule has 15 rings (SSSR count). The maximum atomic E-state index is 2.50. The molecule has 0 N–H and O–H groups in total. The van der Waals surface area contributed by atoms with Crippen LogP contribution in [0.1, 0.15) is 81.3 Å². The van der Waals surface area contributed by atoms with Crippen molar-refractivity contribution in [2.24, 2.45) is 0 Å². The summed E-state index contributed by atoms with van der Waals surface area (Å²) in [5, 5.41) is 10.2. The molecule has 0 unspecified atom stereocenters. The molecule has 91 heavy (non-hydrogen) atoms. The van der Waals surface area contributed by atoms with Crippen LogP contribution >= 0.6 is 0 Å². The van der Waals surface area contributed by atoms with E-state index < -0.39 is 0 Å². The van der Waals surface area contributed by atoms with Crippen LogP contribution in [0.5, 0.6) is 0 Å². The fourth-order valence-corrected chi connectivity index (χ4v) is 15.5. The van der Waals surface area contributed by atoms with Crippen LogP contribution in [-0.2, 0) is 5.41 Å². The molecule has 0 atom stereocenters. The van der Waals surface area contributed by atoms with E-state index in [1.54, 1.807) is 0 Å². The number of hydrogen-bond donors (Lipinski definition) is 0. The summed E-state index contributed by atoms with van der Waals surface area (Å²) in [6.07, 6.45) is 4.55. The Morgan fingerprint density at radius 1 is 0.231 bits per heavy atom. The molecule has 1 saturated carbocycles. The van der Waals surface area contributed by atoms with Crippen LogP contribution in [0.25, 0.3) is 87.6 Å². The maximum Gasteiger partial charge on any atom is 0.0470 e. The summed E-state index contributed by atoms with van der Waals surface area (Å²) >= 11 is 0. The van der Waals surface area contributed by atoms with Crippen molar-refractivity contribution in [1.82, 2.24) is 0 Å². The number of hydrogen-bond acceptors (Lipinski definition) is 2. The van der Waals surface area contributed by atoms with Gasteiger partial charge in [0.05, 0.1) is 0 Å². The van der Waals surface area contributed by atoms with Gasteiger partial charge in [0.15, 0.2) is 0 Å². The lowest BCUT2D eigenvalue weighted by Gasteiger charge is -2.33. The fourth-order valence-electron chi connectivity index (χ4n) is 15.5. The summed E-state index contributed by atoms with van der Waals surface area (Å²) in [4.78, 5) is 5.01. The van der Waals surface area contributed by atoms with E-state index in [0.29, 0.717) is 0 Å². The van der Waals surface area contributed by atoms with Gasteiger partial charge in [0.2, 0.25) is 0 Å². The second-order valence-electron chi connectivity index (χ2n) is 26.2. The minimum Gasteiger partial charge on any atom is -0.310 e. The van der Waals surface area contributed by atoms with Gasteiger partial charge in [-0.25, -0.2) is 0 Å². The van der Waals surface area contributed by atoms with Crippen LogP contribution in [0, 0.1) is 55.4 Å². The predicted molar refractivity (Wildman–Crippen MR) is 391 cm³/mol. The third-order valence-corrected chi connectivity index (χ3v) is 19.9. The smallest absolute Gasteiger partial charge is 0.0470 e. The molecule has 0 radical (unpaired) electrons. The van der Waals surface area contributed by atoms with Crippen molar-refractivity contribution >= 4 is 77.2 Å². The van der Waals surface area contributed by atoms with Crippen molar-refractivity contribution < 1.29 is 0 Å². The van der Waals surface area contributed by atoms with Crippen LogP contribution < -0.4 is 9.80 Å². The van der Waals surface area contributed by atoms with E-state index >= 15 is 0 Å². The Morgan fingerprint density at radius 3 is 0.725 bits per heavy atom. The van der Waals surface area contributed by atoms with Crippen molar-refractivity contribution in [2.45, 2.75) is 86.5 Å². The van der Waals surface area contributed by atoms with Gasteiger partial charge < -0.3 is 9.80 Å². The van der Waals surface area contributed by atoms with Gasteiger partial charge in [-0.15, -0.1) is 0 Å². The molecule has 1 aliphatic rings. The highest BCUT2D eigenvalue weighted by Crippen LogP contribution is 2.50. The number of benzene rings is 14. The minimum absolute atomic E-state index is 0.148. The van der Waals surface area contributed by atoms with E-state index in [2.05, 4.69) is 332 Å². The Hall–Kier alpha value is -10.3. The van der Waals surface area contributed by atoms with E-state index in [-0.39, 0.29) is 5.41 Å². The van der Waals surface area contributed by atoms with E-state index in [9.17, 15) is 0 Å². The van der Waals surface area contributed by atoms with E-state index in [0.717, 1.165) is 47.0 Å². The molecule has 2 nitrogen and oxygen atoms in total. The third-order valence-electron chi connectivity index (χ3n) is 19.9. The van der Waals surface area contributed by atoms with Crippen molar-refractivity contribution in [3.63, 3.8) is 0 Å². The normalized spacial score (nSPS) is 13.0. The molecular formula is C89H76N2. The van der Waals surface area contributed by atoms with Gasteiger partial charge in [-0.1, -0.05) is 207 Å².